The molecule has 0 spiro atoms. The Morgan fingerprint density at radius 3 is 3.00 bits per heavy atom. The lowest BCUT2D eigenvalue weighted by atomic mass is 10.2. The first-order valence-corrected chi connectivity index (χ1v) is 6.12. The Kier molecular flexibility index (Phi) is 3.08. The third-order valence-electron chi connectivity index (χ3n) is 1.80. The van der Waals surface area contributed by atoms with Crippen molar-refractivity contribution in [3.63, 3.8) is 0 Å². The Morgan fingerprint density at radius 1 is 1.47 bits per heavy atom. The van der Waals surface area contributed by atoms with E-state index in [2.05, 4.69) is 9.97 Å². The first-order chi connectivity index (χ1) is 7.25. The van der Waals surface area contributed by atoms with Crippen molar-refractivity contribution >= 4 is 28.6 Å². The fraction of sp³-hybridized carbons (Fsp3) is 0.222. The highest BCUT2D eigenvalue weighted by atomic mass is 32.1. The van der Waals surface area contributed by atoms with E-state index in [1.165, 1.54) is 22.7 Å². The number of aryl methyl sites for hydroxylation is 1. The lowest BCUT2D eigenvalue weighted by molar-refractivity contribution is -0.136. The summed E-state index contributed by atoms with van der Waals surface area (Å²) in [5, 5.41) is 13.2. The molecule has 0 aliphatic heterocycles. The summed E-state index contributed by atoms with van der Waals surface area (Å²) < 4.78 is 0. The molecule has 0 aromatic carbocycles. The molecular weight excluding hydrogens is 232 g/mol. The SMILES string of the molecule is O=C(O)CCc1csc(-c2cscn2)n1. The third-order valence-corrected chi connectivity index (χ3v) is 3.30. The van der Waals surface area contributed by atoms with Crippen LogP contribution in [0.4, 0.5) is 0 Å². The lowest BCUT2D eigenvalue weighted by Crippen LogP contribution is -1.97. The van der Waals surface area contributed by atoms with Crippen molar-refractivity contribution in [2.24, 2.45) is 0 Å². The van der Waals surface area contributed by atoms with Gasteiger partial charge in [0.2, 0.25) is 0 Å². The summed E-state index contributed by atoms with van der Waals surface area (Å²) in [6.07, 6.45) is 0.607. The van der Waals surface area contributed by atoms with Crippen LogP contribution in [0.15, 0.2) is 16.3 Å². The molecule has 2 aromatic heterocycles. The van der Waals surface area contributed by atoms with E-state index in [9.17, 15) is 4.79 Å². The van der Waals surface area contributed by atoms with Gasteiger partial charge in [0.15, 0.2) is 0 Å². The van der Waals surface area contributed by atoms with E-state index in [4.69, 9.17) is 5.11 Å². The predicted octanol–water partition coefficient (Wildman–Crippen LogP) is 2.28. The molecule has 0 aliphatic rings. The quantitative estimate of drug-likeness (QED) is 0.890. The molecule has 2 rings (SSSR count). The maximum absolute atomic E-state index is 10.4. The number of hydrogen-bond donors (Lipinski definition) is 1. The Hall–Kier alpha value is -1.27. The van der Waals surface area contributed by atoms with Crippen LogP contribution in [0.3, 0.4) is 0 Å². The number of hydrogen-bond acceptors (Lipinski definition) is 5. The van der Waals surface area contributed by atoms with Gasteiger partial charge in [-0.05, 0) is 0 Å². The predicted molar refractivity (Wildman–Crippen MR) is 59.2 cm³/mol. The van der Waals surface area contributed by atoms with Crippen LogP contribution in [-0.4, -0.2) is 21.0 Å². The van der Waals surface area contributed by atoms with Gasteiger partial charge in [-0.3, -0.25) is 4.79 Å². The van der Waals surface area contributed by atoms with Gasteiger partial charge in [-0.15, -0.1) is 22.7 Å². The number of aliphatic carboxylic acids is 1. The average molecular weight is 240 g/mol. The first-order valence-electron chi connectivity index (χ1n) is 4.30. The van der Waals surface area contributed by atoms with Gasteiger partial charge in [0.25, 0.3) is 0 Å². The lowest BCUT2D eigenvalue weighted by Gasteiger charge is -1.90. The summed E-state index contributed by atoms with van der Waals surface area (Å²) in [6, 6.07) is 0. The van der Waals surface area contributed by atoms with Gasteiger partial charge in [0, 0.05) is 17.2 Å². The zero-order valence-electron chi connectivity index (χ0n) is 7.71. The smallest absolute Gasteiger partial charge is 0.303 e. The molecule has 78 valence electrons. The molecule has 0 atom stereocenters. The van der Waals surface area contributed by atoms with E-state index < -0.39 is 5.97 Å². The van der Waals surface area contributed by atoms with E-state index in [0.29, 0.717) is 6.42 Å². The Labute approximate surface area is 94.3 Å². The van der Waals surface area contributed by atoms with Crippen molar-refractivity contribution in [3.05, 3.63) is 22.0 Å². The highest BCUT2D eigenvalue weighted by molar-refractivity contribution is 7.13. The molecule has 0 bridgehead atoms. The zero-order chi connectivity index (χ0) is 10.7. The van der Waals surface area contributed by atoms with Crippen molar-refractivity contribution in [2.45, 2.75) is 12.8 Å². The summed E-state index contributed by atoms with van der Waals surface area (Å²) in [7, 11) is 0. The topological polar surface area (TPSA) is 63.1 Å². The van der Waals surface area contributed by atoms with Crippen LogP contribution in [0.1, 0.15) is 12.1 Å². The van der Waals surface area contributed by atoms with Crippen LogP contribution in [0, 0.1) is 0 Å². The number of carbonyl (C=O) groups is 1. The van der Waals surface area contributed by atoms with Gasteiger partial charge in [-0.1, -0.05) is 0 Å². The summed E-state index contributed by atoms with van der Waals surface area (Å²) in [6.45, 7) is 0. The minimum atomic E-state index is -0.793. The van der Waals surface area contributed by atoms with Crippen LogP contribution in [0.25, 0.3) is 10.7 Å². The highest BCUT2D eigenvalue weighted by Crippen LogP contribution is 2.23. The molecule has 0 amide bonds. The fourth-order valence-electron chi connectivity index (χ4n) is 1.09. The molecule has 15 heavy (non-hydrogen) atoms. The van der Waals surface area contributed by atoms with Crippen LogP contribution in [0.5, 0.6) is 0 Å². The van der Waals surface area contributed by atoms with Crippen molar-refractivity contribution in [1.29, 1.82) is 0 Å². The minimum absolute atomic E-state index is 0.125. The van der Waals surface area contributed by atoms with E-state index in [0.717, 1.165) is 16.4 Å². The monoisotopic (exact) mass is 240 g/mol. The fourth-order valence-corrected chi connectivity index (χ4v) is 2.52. The second kappa shape index (κ2) is 4.50. The number of nitrogens with zero attached hydrogens (tertiary/aromatic N) is 2. The minimum Gasteiger partial charge on any atom is -0.481 e. The van der Waals surface area contributed by atoms with Crippen molar-refractivity contribution in [3.8, 4) is 10.7 Å². The van der Waals surface area contributed by atoms with Crippen molar-refractivity contribution in [1.82, 2.24) is 9.97 Å². The van der Waals surface area contributed by atoms with Crippen LogP contribution in [0.2, 0.25) is 0 Å². The molecule has 0 unspecified atom stereocenters. The molecule has 0 saturated carbocycles. The number of rotatable bonds is 4. The molecule has 4 nitrogen and oxygen atoms in total. The zero-order valence-corrected chi connectivity index (χ0v) is 9.35. The molecule has 0 aliphatic carbocycles. The van der Waals surface area contributed by atoms with Crippen LogP contribution in [-0.2, 0) is 11.2 Å². The number of carboxylic acid groups (broad SMARTS) is 1. The van der Waals surface area contributed by atoms with Crippen molar-refractivity contribution < 1.29 is 9.90 Å². The molecule has 0 radical (unpaired) electrons. The van der Waals surface area contributed by atoms with Gasteiger partial charge >= 0.3 is 5.97 Å². The normalized spacial score (nSPS) is 10.4. The first kappa shape index (κ1) is 10.3. The van der Waals surface area contributed by atoms with Crippen LogP contribution < -0.4 is 0 Å². The summed E-state index contributed by atoms with van der Waals surface area (Å²) in [5.74, 6) is -0.793. The number of aromatic nitrogens is 2. The number of thiazole rings is 2. The van der Waals surface area contributed by atoms with Crippen LogP contribution >= 0.6 is 22.7 Å². The van der Waals surface area contributed by atoms with E-state index in [-0.39, 0.29) is 6.42 Å². The third kappa shape index (κ3) is 2.60. The molecule has 1 N–H and O–H groups in total. The Bertz CT molecular complexity index is 450. The van der Waals surface area contributed by atoms with Gasteiger partial charge in [-0.2, -0.15) is 0 Å². The molecule has 2 aromatic rings. The molecule has 6 heteroatoms. The van der Waals surface area contributed by atoms with Gasteiger partial charge in [0.1, 0.15) is 10.7 Å². The number of carboxylic acids is 1. The largest absolute Gasteiger partial charge is 0.481 e. The standard InChI is InChI=1S/C9H8N2O2S2/c12-8(13)2-1-6-3-15-9(11-6)7-4-14-5-10-7/h3-5H,1-2H2,(H,12,13). The summed E-state index contributed by atoms with van der Waals surface area (Å²) in [5.41, 5.74) is 3.45. The molecule has 0 fully saturated rings. The Balaban J connectivity index is 2.08. The maximum atomic E-state index is 10.4. The molecule has 2 heterocycles. The molecule has 0 saturated heterocycles. The average Bonchev–Trinajstić information content (AvgIpc) is 2.85. The second-order valence-electron chi connectivity index (χ2n) is 2.91. The van der Waals surface area contributed by atoms with E-state index in [1.54, 1.807) is 5.51 Å². The van der Waals surface area contributed by atoms with Crippen molar-refractivity contribution in [2.75, 3.05) is 0 Å². The second-order valence-corrected chi connectivity index (χ2v) is 4.49. The maximum Gasteiger partial charge on any atom is 0.303 e. The summed E-state index contributed by atoms with van der Waals surface area (Å²) in [4.78, 5) is 18.8. The Morgan fingerprint density at radius 2 is 2.33 bits per heavy atom. The van der Waals surface area contributed by atoms with Gasteiger partial charge in [0.05, 0.1) is 17.6 Å². The van der Waals surface area contributed by atoms with E-state index in [1.807, 2.05) is 10.8 Å². The van der Waals surface area contributed by atoms with E-state index >= 15 is 0 Å². The van der Waals surface area contributed by atoms with Gasteiger partial charge < -0.3 is 5.11 Å². The summed E-state index contributed by atoms with van der Waals surface area (Å²) >= 11 is 3.02. The molecular formula is C9H8N2O2S2. The highest BCUT2D eigenvalue weighted by Gasteiger charge is 2.07. The van der Waals surface area contributed by atoms with Gasteiger partial charge in [-0.25, -0.2) is 9.97 Å².